The van der Waals surface area contributed by atoms with Crippen LogP contribution >= 0.6 is 0 Å². The van der Waals surface area contributed by atoms with Crippen molar-refractivity contribution >= 4 is 10.1 Å². The molecule has 1 aromatic rings. The molecule has 0 fully saturated rings. The molecule has 0 saturated heterocycles. The van der Waals surface area contributed by atoms with Crippen molar-refractivity contribution in [2.75, 3.05) is 12.4 Å². The van der Waals surface area contributed by atoms with Gasteiger partial charge in [-0.3, -0.25) is 0 Å². The van der Waals surface area contributed by atoms with Crippen LogP contribution in [0.5, 0.6) is 5.75 Å². The van der Waals surface area contributed by atoms with E-state index >= 15 is 0 Å². The van der Waals surface area contributed by atoms with Crippen LogP contribution in [0.3, 0.4) is 0 Å². The van der Waals surface area contributed by atoms with Gasteiger partial charge in [0.1, 0.15) is 5.75 Å². The van der Waals surface area contributed by atoms with Crippen LogP contribution in [0.1, 0.15) is 64.9 Å². The van der Waals surface area contributed by atoms with Gasteiger partial charge in [-0.25, -0.2) is 8.42 Å². The average Bonchev–Trinajstić information content (AvgIpc) is 2.45. The molecule has 2 unspecified atom stereocenters. The van der Waals surface area contributed by atoms with Crippen molar-refractivity contribution in [3.8, 4) is 5.75 Å². The summed E-state index contributed by atoms with van der Waals surface area (Å²) in [5.41, 5.74) is 1.32. The first-order valence-electron chi connectivity index (χ1n) is 8.83. The maximum atomic E-state index is 10.5. The van der Waals surface area contributed by atoms with Crippen LogP contribution in [0.15, 0.2) is 24.3 Å². The molecule has 0 N–H and O–H groups in total. The van der Waals surface area contributed by atoms with Crippen molar-refractivity contribution in [1.82, 2.24) is 0 Å². The van der Waals surface area contributed by atoms with Crippen LogP contribution in [-0.2, 0) is 10.1 Å². The summed E-state index contributed by atoms with van der Waals surface area (Å²) in [5, 5.41) is 0. The van der Waals surface area contributed by atoms with Crippen molar-refractivity contribution in [2.45, 2.75) is 59.3 Å². The third-order valence-corrected chi connectivity index (χ3v) is 4.92. The summed E-state index contributed by atoms with van der Waals surface area (Å²) in [6.07, 6.45) is 3.34. The Morgan fingerprint density at radius 3 is 2.12 bits per heavy atom. The molecule has 4 nitrogen and oxygen atoms in total. The number of hydrogen-bond donors (Lipinski definition) is 0. The molecule has 0 radical (unpaired) electrons. The second-order valence-electron chi connectivity index (χ2n) is 7.26. The summed E-state index contributed by atoms with van der Waals surface area (Å²) in [6.45, 7) is 9.53. The van der Waals surface area contributed by atoms with Gasteiger partial charge in [-0.05, 0) is 61.1 Å². The van der Waals surface area contributed by atoms with E-state index in [1.165, 1.54) is 18.4 Å². The maximum absolute atomic E-state index is 10.5. The van der Waals surface area contributed by atoms with Crippen LogP contribution in [0.4, 0.5) is 0 Å². The molecular weight excluding hydrogens is 347 g/mol. The second-order valence-corrected chi connectivity index (χ2v) is 8.78. The first-order chi connectivity index (χ1) is 11.2. The second kappa shape index (κ2) is 12.3. The van der Waals surface area contributed by atoms with Gasteiger partial charge in [0, 0.05) is 5.75 Å². The summed E-state index contributed by atoms with van der Waals surface area (Å²) in [7, 11) is -4.11. The van der Waals surface area contributed by atoms with Crippen molar-refractivity contribution in [1.29, 1.82) is 0 Å². The van der Waals surface area contributed by atoms with Gasteiger partial charge in [0.05, 0.1) is 16.7 Å². The monoisotopic (exact) mass is 378 g/mol. The Kier molecular flexibility index (Phi) is 12.3. The number of hydrogen-bond acceptors (Lipinski definition) is 4. The summed E-state index contributed by atoms with van der Waals surface area (Å²) in [4.78, 5) is 0. The molecule has 0 aromatic heterocycles. The van der Waals surface area contributed by atoms with E-state index in [1.807, 2.05) is 12.1 Å². The van der Waals surface area contributed by atoms with E-state index in [0.717, 1.165) is 11.7 Å². The largest absolute Gasteiger partial charge is 1.00 e. The fourth-order valence-electron chi connectivity index (χ4n) is 3.10. The Bertz CT molecular complexity index is 570. The smallest absolute Gasteiger partial charge is 0.748 e. The third-order valence-electron chi connectivity index (χ3n) is 4.14. The van der Waals surface area contributed by atoms with E-state index in [-0.39, 0.29) is 35.3 Å². The zero-order valence-corrected chi connectivity index (χ0v) is 19.1. The molecule has 0 heterocycles. The van der Waals surface area contributed by atoms with Gasteiger partial charge < -0.3 is 9.29 Å². The van der Waals surface area contributed by atoms with Crippen LogP contribution in [0, 0.1) is 11.8 Å². The van der Waals surface area contributed by atoms with E-state index in [0.29, 0.717) is 31.3 Å². The molecule has 1 rings (SSSR count). The number of rotatable bonds is 11. The van der Waals surface area contributed by atoms with Gasteiger partial charge in [0.15, 0.2) is 0 Å². The molecule has 0 amide bonds. The van der Waals surface area contributed by atoms with Crippen molar-refractivity contribution in [2.24, 2.45) is 11.8 Å². The van der Waals surface area contributed by atoms with Crippen LogP contribution < -0.4 is 34.3 Å². The topological polar surface area (TPSA) is 66.4 Å². The zero-order valence-electron chi connectivity index (χ0n) is 16.3. The molecule has 6 heteroatoms. The Balaban J connectivity index is 0.00000576. The fourth-order valence-corrected chi connectivity index (χ4v) is 3.66. The number of unbranched alkanes of at least 4 members (excludes halogenated alkanes) is 1. The summed E-state index contributed by atoms with van der Waals surface area (Å²) >= 11 is 0. The maximum Gasteiger partial charge on any atom is 1.00 e. The van der Waals surface area contributed by atoms with Crippen molar-refractivity contribution in [3.05, 3.63) is 29.8 Å². The van der Waals surface area contributed by atoms with E-state index in [9.17, 15) is 13.0 Å². The molecule has 0 bridgehead atoms. The van der Waals surface area contributed by atoms with Gasteiger partial charge >= 0.3 is 29.6 Å². The van der Waals surface area contributed by atoms with E-state index in [1.54, 1.807) is 0 Å². The molecule has 1 aromatic carbocycles. The van der Waals surface area contributed by atoms with Crippen molar-refractivity contribution < 1.29 is 47.3 Å². The average molecular weight is 379 g/mol. The Hall–Kier alpha value is -0.0700. The van der Waals surface area contributed by atoms with E-state index < -0.39 is 10.1 Å². The summed E-state index contributed by atoms with van der Waals surface area (Å²) in [6, 6.07) is 8.13. The molecule has 25 heavy (non-hydrogen) atoms. The molecule has 0 aliphatic rings. The van der Waals surface area contributed by atoms with Crippen LogP contribution in [-0.4, -0.2) is 25.3 Å². The van der Waals surface area contributed by atoms with Gasteiger partial charge in [-0.15, -0.1) is 0 Å². The quantitative estimate of drug-likeness (QED) is 0.333. The summed E-state index contributed by atoms with van der Waals surface area (Å²) < 4.78 is 37.1. The SMILES string of the molecule is CC(C)CC(C)CC(C)c1ccc(OCCCCS(=O)(=O)[O-])cc1.[Na+]. The Morgan fingerprint density at radius 1 is 1.00 bits per heavy atom. The molecular formula is C19H31NaO4S. The van der Waals surface area contributed by atoms with Gasteiger partial charge in [0.25, 0.3) is 0 Å². The minimum atomic E-state index is -4.11. The van der Waals surface area contributed by atoms with Crippen LogP contribution in [0.25, 0.3) is 0 Å². The minimum absolute atomic E-state index is 0. The Labute approximate surface area is 175 Å². The first kappa shape index (κ1) is 24.9. The fraction of sp³-hybridized carbons (Fsp3) is 0.684. The standard InChI is InChI=1S/C19H32O4S.Na/c1-15(2)13-16(3)14-17(4)18-7-9-19(10-8-18)23-11-5-6-12-24(20,21)22;/h7-10,15-17H,5-6,11-14H2,1-4H3,(H,20,21,22);/q;+1/p-1. The third kappa shape index (κ3) is 12.0. The van der Waals surface area contributed by atoms with Gasteiger partial charge in [-0.2, -0.15) is 0 Å². The molecule has 0 aliphatic carbocycles. The van der Waals surface area contributed by atoms with Gasteiger partial charge in [-0.1, -0.05) is 39.8 Å². The van der Waals surface area contributed by atoms with E-state index in [4.69, 9.17) is 4.74 Å². The predicted octanol–water partition coefficient (Wildman–Crippen LogP) is 1.57. The van der Waals surface area contributed by atoms with Crippen LogP contribution in [0.2, 0.25) is 0 Å². The normalized spacial score (nSPS) is 14.0. The van der Waals surface area contributed by atoms with Crippen molar-refractivity contribution in [3.63, 3.8) is 0 Å². The number of benzene rings is 1. The zero-order chi connectivity index (χ0) is 18.2. The molecule has 0 aliphatic heterocycles. The minimum Gasteiger partial charge on any atom is -0.748 e. The van der Waals surface area contributed by atoms with Gasteiger partial charge in [0.2, 0.25) is 0 Å². The number of ether oxygens (including phenoxy) is 1. The molecule has 0 spiro atoms. The first-order valence-corrected chi connectivity index (χ1v) is 10.4. The molecule has 138 valence electrons. The summed E-state index contributed by atoms with van der Waals surface area (Å²) in [5.74, 6) is 2.44. The molecule has 0 saturated carbocycles. The Morgan fingerprint density at radius 2 is 1.60 bits per heavy atom. The predicted molar refractivity (Wildman–Crippen MR) is 97.4 cm³/mol. The van der Waals surface area contributed by atoms with E-state index in [2.05, 4.69) is 39.8 Å². The molecule has 2 atom stereocenters.